The predicted molar refractivity (Wildman–Crippen MR) is 45.0 cm³/mol. The molecule has 2 nitrogen and oxygen atoms in total. The molecule has 1 rings (SSSR count). The fourth-order valence-corrected chi connectivity index (χ4v) is 2.00. The van der Waals surface area contributed by atoms with Gasteiger partial charge in [0.25, 0.3) is 0 Å². The molecule has 0 radical (unpaired) electrons. The van der Waals surface area contributed by atoms with Crippen LogP contribution in [-0.2, 0) is 0 Å². The smallest absolute Gasteiger partial charge is 0.121 e. The second-order valence-corrected chi connectivity index (χ2v) is 4.81. The van der Waals surface area contributed by atoms with E-state index in [0.29, 0.717) is 0 Å². The van der Waals surface area contributed by atoms with Crippen LogP contribution in [0, 0.1) is 5.53 Å². The molecule has 1 fully saturated rings. The summed E-state index contributed by atoms with van der Waals surface area (Å²) in [6.45, 7) is 8.61. The van der Waals surface area contributed by atoms with Crippen molar-refractivity contribution >= 4 is 0 Å². The minimum absolute atomic E-state index is 0.0712. The number of hydrogen-bond donors (Lipinski definition) is 1. The molecule has 11 heavy (non-hydrogen) atoms. The Labute approximate surface area is 69.1 Å². The van der Waals surface area contributed by atoms with Crippen LogP contribution in [0.4, 0.5) is 0 Å². The maximum absolute atomic E-state index is 7.91. The molecule has 0 unspecified atom stereocenters. The summed E-state index contributed by atoms with van der Waals surface area (Å²) >= 11 is 0. The first-order valence-electron chi connectivity index (χ1n) is 4.38. The maximum Gasteiger partial charge on any atom is 0.182 e. The first-order chi connectivity index (χ1) is 4.86. The zero-order valence-corrected chi connectivity index (χ0v) is 8.07. The summed E-state index contributed by atoms with van der Waals surface area (Å²) in [5.41, 5.74) is 8.05. The summed E-state index contributed by atoms with van der Waals surface area (Å²) in [5, 5.41) is 0. The third-order valence-electron chi connectivity index (χ3n) is 2.79. The van der Waals surface area contributed by atoms with Gasteiger partial charge in [0.1, 0.15) is 0 Å². The van der Waals surface area contributed by atoms with E-state index in [0.717, 1.165) is 12.8 Å². The number of nitrogens with zero attached hydrogens (tertiary/aromatic N) is 1. The predicted octanol–water partition coefficient (Wildman–Crippen LogP) is 2.77. The minimum Gasteiger partial charge on any atom is -0.121 e. The van der Waals surface area contributed by atoms with E-state index in [1.807, 2.05) is 0 Å². The highest BCUT2D eigenvalue weighted by Crippen LogP contribution is 2.33. The number of piperidine rings is 1. The van der Waals surface area contributed by atoms with Crippen LogP contribution in [-0.4, -0.2) is 15.8 Å². The van der Waals surface area contributed by atoms with Crippen LogP contribution in [0.15, 0.2) is 0 Å². The Bertz CT molecular complexity index is 162. The third kappa shape index (κ3) is 1.44. The van der Waals surface area contributed by atoms with E-state index in [2.05, 4.69) is 27.7 Å². The molecule has 0 amide bonds. The van der Waals surface area contributed by atoms with Crippen LogP contribution in [0.2, 0.25) is 0 Å². The van der Waals surface area contributed by atoms with Gasteiger partial charge in [-0.2, -0.15) is 0 Å². The molecule has 1 N–H and O–H groups in total. The van der Waals surface area contributed by atoms with Gasteiger partial charge in [0.2, 0.25) is 0 Å². The quantitative estimate of drug-likeness (QED) is 0.521. The van der Waals surface area contributed by atoms with Crippen LogP contribution in [0.5, 0.6) is 0 Å². The monoisotopic (exact) mass is 155 g/mol. The van der Waals surface area contributed by atoms with Gasteiger partial charge >= 0.3 is 0 Å². The highest BCUT2D eigenvalue weighted by atomic mass is 15.3. The van der Waals surface area contributed by atoms with Crippen LogP contribution < -0.4 is 0 Å². The molecule has 0 atom stereocenters. The molecule has 2 heteroatoms. The fourth-order valence-electron chi connectivity index (χ4n) is 2.00. The topological polar surface area (TPSA) is 26.9 Å². The van der Waals surface area contributed by atoms with Gasteiger partial charge in [-0.15, -0.1) is 4.70 Å². The normalized spacial score (nSPS) is 28.5. The molecule has 0 spiro atoms. The van der Waals surface area contributed by atoms with E-state index in [-0.39, 0.29) is 11.1 Å². The van der Waals surface area contributed by atoms with Gasteiger partial charge in [0, 0.05) is 40.5 Å². The van der Waals surface area contributed by atoms with E-state index >= 15 is 0 Å². The Morgan fingerprint density at radius 1 is 1.00 bits per heavy atom. The van der Waals surface area contributed by atoms with Gasteiger partial charge in [-0.1, -0.05) is 5.53 Å². The largest absolute Gasteiger partial charge is 0.182 e. The van der Waals surface area contributed by atoms with Crippen molar-refractivity contribution in [1.29, 1.82) is 5.53 Å². The van der Waals surface area contributed by atoms with Crippen molar-refractivity contribution in [3.8, 4) is 0 Å². The first kappa shape index (κ1) is 8.69. The Hall–Kier alpha value is -0.400. The minimum atomic E-state index is 0.0712. The number of nitrogens with one attached hydrogen (secondary N) is 1. The van der Waals surface area contributed by atoms with Crippen molar-refractivity contribution in [1.82, 2.24) is 0 Å². The molecule has 1 aliphatic heterocycles. The second kappa shape index (κ2) is 2.29. The second-order valence-electron chi connectivity index (χ2n) is 4.81. The summed E-state index contributed by atoms with van der Waals surface area (Å²) in [4.78, 5) is 0. The SMILES string of the molecule is CC1(C)CCCC(C)(C)[N+]1=N. The summed E-state index contributed by atoms with van der Waals surface area (Å²) in [7, 11) is 0. The van der Waals surface area contributed by atoms with Crippen LogP contribution >= 0.6 is 0 Å². The Morgan fingerprint density at radius 3 is 1.64 bits per heavy atom. The van der Waals surface area contributed by atoms with Crippen LogP contribution in [0.1, 0.15) is 47.0 Å². The van der Waals surface area contributed by atoms with Gasteiger partial charge in [-0.25, -0.2) is 0 Å². The van der Waals surface area contributed by atoms with Gasteiger partial charge in [-0.3, -0.25) is 0 Å². The maximum atomic E-state index is 7.91. The average Bonchev–Trinajstić information content (AvgIpc) is 1.82. The summed E-state index contributed by atoms with van der Waals surface area (Å²) < 4.78 is 1.77. The average molecular weight is 155 g/mol. The van der Waals surface area contributed by atoms with E-state index in [4.69, 9.17) is 5.53 Å². The highest BCUT2D eigenvalue weighted by Gasteiger charge is 2.46. The van der Waals surface area contributed by atoms with Crippen LogP contribution in [0.3, 0.4) is 0 Å². The molecule has 1 aliphatic rings. The molecule has 0 bridgehead atoms. The summed E-state index contributed by atoms with van der Waals surface area (Å²) in [6, 6.07) is 0. The third-order valence-corrected chi connectivity index (χ3v) is 2.79. The zero-order chi connectivity index (χ0) is 8.70. The van der Waals surface area contributed by atoms with Crippen LogP contribution in [0.25, 0.3) is 0 Å². The first-order valence-corrected chi connectivity index (χ1v) is 4.38. The molecule has 1 saturated heterocycles. The number of rotatable bonds is 0. The van der Waals surface area contributed by atoms with Gasteiger partial charge in [0.15, 0.2) is 11.1 Å². The van der Waals surface area contributed by atoms with E-state index in [1.165, 1.54) is 6.42 Å². The molecular weight excluding hydrogens is 136 g/mol. The van der Waals surface area contributed by atoms with Crippen molar-refractivity contribution in [2.45, 2.75) is 58.0 Å². The lowest BCUT2D eigenvalue weighted by molar-refractivity contribution is -0.744. The lowest BCUT2D eigenvalue weighted by Crippen LogP contribution is -2.50. The highest BCUT2D eigenvalue weighted by molar-refractivity contribution is 4.79. The molecular formula is C9H19N2+. The standard InChI is InChI=1S/C9H19N2/c1-8(2)6-5-7-9(3,4)11(8)10/h10H,5-7H2,1-4H3/q+1. The molecule has 1 heterocycles. The van der Waals surface area contributed by atoms with Gasteiger partial charge in [0.05, 0.1) is 0 Å². The summed E-state index contributed by atoms with van der Waals surface area (Å²) in [6.07, 6.45) is 3.56. The Kier molecular flexibility index (Phi) is 1.81. The van der Waals surface area contributed by atoms with Crippen molar-refractivity contribution in [3.63, 3.8) is 0 Å². The lowest BCUT2D eigenvalue weighted by Gasteiger charge is -2.34. The Morgan fingerprint density at radius 2 is 1.36 bits per heavy atom. The molecule has 0 aromatic heterocycles. The molecule has 0 aliphatic carbocycles. The molecule has 0 aromatic rings. The lowest BCUT2D eigenvalue weighted by atomic mass is 9.82. The molecule has 0 aromatic carbocycles. The van der Waals surface area contributed by atoms with Crippen molar-refractivity contribution in [2.24, 2.45) is 0 Å². The Balaban J connectivity index is 2.85. The molecule has 64 valence electrons. The van der Waals surface area contributed by atoms with E-state index in [9.17, 15) is 0 Å². The zero-order valence-electron chi connectivity index (χ0n) is 8.07. The molecule has 0 saturated carbocycles. The van der Waals surface area contributed by atoms with Crippen molar-refractivity contribution in [2.75, 3.05) is 0 Å². The number of hydrogen-bond acceptors (Lipinski definition) is 1. The van der Waals surface area contributed by atoms with Gasteiger partial charge in [-0.05, 0) is 6.42 Å². The summed E-state index contributed by atoms with van der Waals surface area (Å²) in [5.74, 6) is 0. The fraction of sp³-hybridized carbons (Fsp3) is 1.00. The van der Waals surface area contributed by atoms with Crippen molar-refractivity contribution < 1.29 is 4.70 Å². The van der Waals surface area contributed by atoms with E-state index in [1.54, 1.807) is 4.70 Å². The van der Waals surface area contributed by atoms with E-state index < -0.39 is 0 Å². The van der Waals surface area contributed by atoms with Gasteiger partial charge < -0.3 is 0 Å². The van der Waals surface area contributed by atoms with Crippen molar-refractivity contribution in [3.05, 3.63) is 0 Å².